The van der Waals surface area contributed by atoms with Crippen LogP contribution in [0.2, 0.25) is 0 Å². The maximum absolute atomic E-state index is 2.72. The number of para-hydroxylation sites is 2. The fraction of sp³-hybridized carbons (Fsp3) is 0.257. The van der Waals surface area contributed by atoms with Gasteiger partial charge in [0.05, 0.1) is 11.1 Å². The van der Waals surface area contributed by atoms with Crippen LogP contribution in [-0.2, 0) is 10.8 Å². The largest absolute Gasteiger partial charge is 0.334 e. The van der Waals surface area contributed by atoms with E-state index in [9.17, 15) is 0 Å². The lowest BCUT2D eigenvalue weighted by atomic mass is 9.61. The van der Waals surface area contributed by atoms with Crippen molar-refractivity contribution in [1.29, 1.82) is 0 Å². The molecule has 0 N–H and O–H groups in total. The first-order valence-electron chi connectivity index (χ1n) is 26.9. The van der Waals surface area contributed by atoms with Crippen molar-refractivity contribution in [3.05, 3.63) is 204 Å². The Balaban J connectivity index is 1.06. The molecule has 0 radical (unpaired) electrons. The molecule has 2 aliphatic heterocycles. The van der Waals surface area contributed by atoms with Crippen molar-refractivity contribution in [2.45, 2.75) is 115 Å². The van der Waals surface area contributed by atoms with Crippen LogP contribution in [-0.4, -0.2) is 11.1 Å². The number of anilines is 4. The Morgan fingerprint density at radius 1 is 0.333 bits per heavy atom. The van der Waals surface area contributed by atoms with Crippen LogP contribution in [0.15, 0.2) is 182 Å². The molecule has 0 aromatic heterocycles. The Hall–Kier alpha value is -7.16. The van der Waals surface area contributed by atoms with Crippen LogP contribution in [0.5, 0.6) is 0 Å². The van der Waals surface area contributed by atoms with Gasteiger partial charge in [-0.25, -0.2) is 0 Å². The molecule has 2 heterocycles. The monoisotopic (exact) mass is 933 g/mol. The Kier molecular flexibility index (Phi) is 9.49. The number of benzene rings is 10. The average molecular weight is 933 g/mol. The molecule has 2 saturated carbocycles. The van der Waals surface area contributed by atoms with Crippen molar-refractivity contribution in [2.24, 2.45) is 0 Å². The van der Waals surface area contributed by atoms with Gasteiger partial charge in [0, 0.05) is 33.6 Å². The van der Waals surface area contributed by atoms with E-state index in [1.54, 1.807) is 0 Å². The summed E-state index contributed by atoms with van der Waals surface area (Å²) in [5.74, 6) is 0. The van der Waals surface area contributed by atoms with Crippen LogP contribution in [0.3, 0.4) is 0 Å². The van der Waals surface area contributed by atoms with E-state index in [1.807, 2.05) is 0 Å². The van der Waals surface area contributed by atoms with Gasteiger partial charge in [-0.1, -0.05) is 161 Å². The third kappa shape index (κ3) is 5.84. The van der Waals surface area contributed by atoms with Gasteiger partial charge in [-0.15, -0.1) is 0 Å². The molecule has 4 atom stereocenters. The van der Waals surface area contributed by atoms with Gasteiger partial charge in [0.25, 0.3) is 0 Å². The van der Waals surface area contributed by atoms with Crippen LogP contribution in [0, 0.1) is 13.8 Å². The number of hydrogen-bond acceptors (Lipinski definition) is 2. The van der Waals surface area contributed by atoms with Gasteiger partial charge in [-0.2, -0.15) is 0 Å². The third-order valence-corrected chi connectivity index (χ3v) is 19.6. The van der Waals surface area contributed by atoms with E-state index in [4.69, 9.17) is 0 Å². The predicted octanol–water partition coefficient (Wildman–Crippen LogP) is 19.4. The molecule has 14 rings (SSSR count). The zero-order valence-electron chi connectivity index (χ0n) is 42.9. The van der Waals surface area contributed by atoms with E-state index in [0.717, 1.165) is 0 Å². The molecule has 354 valence electrons. The molecule has 72 heavy (non-hydrogen) atoms. The summed E-state index contributed by atoms with van der Waals surface area (Å²) in [6.45, 7) is 15.0. The number of nitrogens with zero attached hydrogens (tertiary/aromatic N) is 2. The third-order valence-electron chi connectivity index (χ3n) is 19.6. The fourth-order valence-electron chi connectivity index (χ4n) is 15.5. The maximum atomic E-state index is 2.72. The van der Waals surface area contributed by atoms with E-state index >= 15 is 0 Å². The zero-order valence-corrected chi connectivity index (χ0v) is 42.9. The second kappa shape index (κ2) is 15.7. The minimum atomic E-state index is -0.0232. The number of hydrogen-bond donors (Lipinski definition) is 0. The van der Waals surface area contributed by atoms with Crippen LogP contribution in [0.4, 0.5) is 22.7 Å². The van der Waals surface area contributed by atoms with Gasteiger partial charge in [-0.05, 0) is 213 Å². The summed E-state index contributed by atoms with van der Waals surface area (Å²) in [5, 5.41) is 7.99. The van der Waals surface area contributed by atoms with Crippen LogP contribution < -0.4 is 9.80 Å². The Morgan fingerprint density at radius 3 is 1.04 bits per heavy atom. The van der Waals surface area contributed by atoms with E-state index in [-0.39, 0.29) is 21.9 Å². The minimum absolute atomic E-state index is 0.00237. The highest BCUT2D eigenvalue weighted by molar-refractivity contribution is 6.32. The summed E-state index contributed by atoms with van der Waals surface area (Å²) in [6.07, 6.45) is 9.76. The van der Waals surface area contributed by atoms with Crippen molar-refractivity contribution < 1.29 is 0 Å². The van der Waals surface area contributed by atoms with Gasteiger partial charge in [0.15, 0.2) is 0 Å². The highest BCUT2D eigenvalue weighted by Gasteiger charge is 2.59. The average Bonchev–Trinajstić information content (AvgIpc) is 3.75. The zero-order chi connectivity index (χ0) is 48.7. The van der Waals surface area contributed by atoms with E-state index < -0.39 is 0 Å². The number of fused-ring (bicyclic) bond motifs is 6. The molecule has 2 aliphatic carbocycles. The molecule has 0 saturated heterocycles. The first kappa shape index (κ1) is 43.6. The van der Waals surface area contributed by atoms with Crippen molar-refractivity contribution in [2.75, 3.05) is 9.80 Å². The summed E-state index contributed by atoms with van der Waals surface area (Å²) in [5.41, 5.74) is 21.4. The lowest BCUT2D eigenvalue weighted by Gasteiger charge is -2.50. The molecule has 0 bridgehead atoms. The second-order valence-corrected chi connectivity index (χ2v) is 23.1. The molecule has 2 heteroatoms. The van der Waals surface area contributed by atoms with Crippen LogP contribution >= 0.6 is 0 Å². The van der Waals surface area contributed by atoms with Crippen molar-refractivity contribution in [3.8, 4) is 44.5 Å². The van der Waals surface area contributed by atoms with Gasteiger partial charge in [0.2, 0.25) is 0 Å². The van der Waals surface area contributed by atoms with Crippen molar-refractivity contribution >= 4 is 55.1 Å². The summed E-state index contributed by atoms with van der Waals surface area (Å²) >= 11 is 0. The van der Waals surface area contributed by atoms with E-state index in [0.29, 0.717) is 0 Å². The molecule has 10 aromatic carbocycles. The Bertz CT molecular complexity index is 3530. The molecule has 2 nitrogen and oxygen atoms in total. The van der Waals surface area contributed by atoms with Gasteiger partial charge >= 0.3 is 0 Å². The summed E-state index contributed by atoms with van der Waals surface area (Å²) in [4.78, 5) is 5.44. The number of rotatable bonds is 6. The topological polar surface area (TPSA) is 6.48 Å². The smallest absolute Gasteiger partial charge is 0.0517 e. The normalized spacial score (nSPS) is 23.4. The van der Waals surface area contributed by atoms with Crippen molar-refractivity contribution in [1.82, 2.24) is 0 Å². The van der Waals surface area contributed by atoms with Gasteiger partial charge < -0.3 is 9.80 Å². The lowest BCUT2D eigenvalue weighted by molar-refractivity contribution is 0.195. The second-order valence-electron chi connectivity index (χ2n) is 23.1. The fourth-order valence-corrected chi connectivity index (χ4v) is 15.5. The molecule has 0 amide bonds. The summed E-state index contributed by atoms with van der Waals surface area (Å²) < 4.78 is 0. The SMILES string of the molecule is Cc1cc2c(cc1-c1cc(-c3ccccc3)c3ccc4c(-c5cc6c(cc5C)N(c5ccccc5)C5(C)CCCCC65C)cc(-c5ccccc5)c5ccc1c3c54)C1(C)CCCCC1(C)N2c1ccccc1. The number of aryl methyl sites for hydroxylation is 2. The molecule has 4 aliphatic rings. The molecular formula is C70H64N2. The highest BCUT2D eigenvalue weighted by atomic mass is 15.3. The summed E-state index contributed by atoms with van der Waals surface area (Å²) in [6, 6.07) is 70.1. The van der Waals surface area contributed by atoms with Crippen LogP contribution in [0.25, 0.3) is 76.8 Å². The highest BCUT2D eigenvalue weighted by Crippen LogP contribution is 2.64. The quantitative estimate of drug-likeness (QED) is 0.153. The molecular weight excluding hydrogens is 869 g/mol. The standard InChI is InChI=1S/C70H64N2/c1-45-39-63-61(67(3)35-19-21-37-69(67,5)71(63)49-27-15-9-16-28-49)43-55(45)59-41-57(47-23-11-7-12-24-47)51-32-34-54-60(42-58(48-25-13-8-14-26-48)52-31-33-53(59)65(51)66(52)54)56-44-62-64(40-46(56)2)72(50-29-17-10-18-30-50)70(6)38-22-20-36-68(62,70)4/h7-18,23-34,39-44H,19-22,35-38H2,1-6H3. The van der Waals surface area contributed by atoms with E-state index in [2.05, 4.69) is 233 Å². The Morgan fingerprint density at radius 2 is 0.667 bits per heavy atom. The van der Waals surface area contributed by atoms with Gasteiger partial charge in [0.1, 0.15) is 0 Å². The lowest BCUT2D eigenvalue weighted by Crippen LogP contribution is -2.54. The minimum Gasteiger partial charge on any atom is -0.334 e. The van der Waals surface area contributed by atoms with Crippen molar-refractivity contribution in [3.63, 3.8) is 0 Å². The molecule has 2 fully saturated rings. The summed E-state index contributed by atoms with van der Waals surface area (Å²) in [7, 11) is 0. The van der Waals surface area contributed by atoms with E-state index in [1.165, 1.54) is 173 Å². The molecule has 4 unspecified atom stereocenters. The maximum Gasteiger partial charge on any atom is 0.0517 e. The first-order chi connectivity index (χ1) is 35.0. The van der Waals surface area contributed by atoms with Crippen LogP contribution in [0.1, 0.15) is 101 Å². The first-order valence-corrected chi connectivity index (χ1v) is 26.9. The predicted molar refractivity (Wildman–Crippen MR) is 307 cm³/mol. The van der Waals surface area contributed by atoms with Gasteiger partial charge in [-0.3, -0.25) is 0 Å². The molecule has 0 spiro atoms. The molecule has 10 aromatic rings. The Labute approximate surface area is 426 Å².